The summed E-state index contributed by atoms with van der Waals surface area (Å²) in [5.74, 6) is -2.20. The molecule has 0 heterocycles. The van der Waals surface area contributed by atoms with E-state index >= 15 is 0 Å². The summed E-state index contributed by atoms with van der Waals surface area (Å²) in [4.78, 5) is 35.6. The van der Waals surface area contributed by atoms with Gasteiger partial charge in [0.1, 0.15) is 12.2 Å². The average molecular weight is 350 g/mol. The number of ether oxygens (including phenoxy) is 3. The maximum Gasteiger partial charge on any atom is 0.309 e. The number of carbonyl (C=O) groups excluding carboxylic acids is 3. The molecule has 0 spiro atoms. The van der Waals surface area contributed by atoms with Gasteiger partial charge < -0.3 is 14.2 Å². The van der Waals surface area contributed by atoms with Gasteiger partial charge in [0.15, 0.2) is 0 Å². The molecule has 0 aromatic heterocycles. The highest BCUT2D eigenvalue weighted by Gasteiger charge is 2.27. The topological polar surface area (TPSA) is 78.9 Å². The Kier molecular flexibility index (Phi) is 8.11. The predicted octanol–water partition coefficient (Wildman–Crippen LogP) is 3.03. The lowest BCUT2D eigenvalue weighted by atomic mass is 9.99. The second-order valence-corrected chi connectivity index (χ2v) is 6.70. The second kappa shape index (κ2) is 9.81. The number of esters is 3. The average Bonchev–Trinajstić information content (AvgIpc) is 2.55. The molecule has 0 unspecified atom stereocenters. The van der Waals surface area contributed by atoms with Crippen molar-refractivity contribution >= 4 is 17.9 Å². The van der Waals surface area contributed by atoms with Crippen LogP contribution in [0.3, 0.4) is 0 Å². The van der Waals surface area contributed by atoms with Crippen molar-refractivity contribution in [3.63, 3.8) is 0 Å². The van der Waals surface area contributed by atoms with Crippen LogP contribution in [0.2, 0.25) is 0 Å². The molecule has 0 amide bonds. The van der Waals surface area contributed by atoms with Crippen molar-refractivity contribution in [2.45, 2.75) is 52.2 Å². The van der Waals surface area contributed by atoms with Gasteiger partial charge in [-0.2, -0.15) is 0 Å². The van der Waals surface area contributed by atoms with Crippen LogP contribution in [0.5, 0.6) is 0 Å². The molecule has 0 N–H and O–H groups in total. The molecular weight excluding hydrogens is 324 g/mol. The third-order valence-corrected chi connectivity index (χ3v) is 3.31. The summed E-state index contributed by atoms with van der Waals surface area (Å²) in [6.45, 7) is 5.42. The Bertz CT molecular complexity index is 573. The minimum atomic E-state index is -0.732. The van der Waals surface area contributed by atoms with E-state index in [0.29, 0.717) is 0 Å². The van der Waals surface area contributed by atoms with Crippen LogP contribution in [0.25, 0.3) is 0 Å². The molecule has 0 aliphatic carbocycles. The van der Waals surface area contributed by atoms with E-state index < -0.39 is 29.4 Å². The third kappa shape index (κ3) is 8.88. The van der Waals surface area contributed by atoms with Crippen molar-refractivity contribution in [2.75, 3.05) is 7.11 Å². The van der Waals surface area contributed by atoms with Crippen LogP contribution in [0.4, 0.5) is 0 Å². The monoisotopic (exact) mass is 350 g/mol. The van der Waals surface area contributed by atoms with Gasteiger partial charge >= 0.3 is 17.9 Å². The number of carbonyl (C=O) groups is 3. The molecule has 1 aromatic rings. The standard InChI is InChI=1S/C19H26O6/c1-19(2,3)25-17(21)12-15(18(22)23-4)10-11-16(20)24-13-14-8-6-5-7-9-14/h5-9,15H,10-13H2,1-4H3/t15-/m0/s1. The fourth-order valence-corrected chi connectivity index (χ4v) is 2.16. The van der Waals surface area contributed by atoms with Gasteiger partial charge in [0.25, 0.3) is 0 Å². The van der Waals surface area contributed by atoms with Gasteiger partial charge in [0, 0.05) is 6.42 Å². The van der Waals surface area contributed by atoms with E-state index in [9.17, 15) is 14.4 Å². The maximum atomic E-state index is 11.9. The van der Waals surface area contributed by atoms with Gasteiger partial charge in [-0.15, -0.1) is 0 Å². The van der Waals surface area contributed by atoms with E-state index in [1.807, 2.05) is 30.3 Å². The van der Waals surface area contributed by atoms with Crippen molar-refractivity contribution < 1.29 is 28.6 Å². The SMILES string of the molecule is COC(=O)[C@@H](CCC(=O)OCc1ccccc1)CC(=O)OC(C)(C)C. The molecule has 25 heavy (non-hydrogen) atoms. The summed E-state index contributed by atoms with van der Waals surface area (Å²) in [7, 11) is 1.25. The van der Waals surface area contributed by atoms with E-state index in [4.69, 9.17) is 14.2 Å². The molecule has 0 aliphatic heterocycles. The smallest absolute Gasteiger partial charge is 0.309 e. The van der Waals surface area contributed by atoms with Gasteiger partial charge in [-0.3, -0.25) is 14.4 Å². The first-order chi connectivity index (χ1) is 11.7. The van der Waals surface area contributed by atoms with E-state index in [0.717, 1.165) is 5.56 Å². The lowest BCUT2D eigenvalue weighted by Gasteiger charge is -2.21. The largest absolute Gasteiger partial charge is 0.469 e. The summed E-state index contributed by atoms with van der Waals surface area (Å²) in [6, 6.07) is 9.30. The third-order valence-electron chi connectivity index (χ3n) is 3.31. The number of hydrogen-bond acceptors (Lipinski definition) is 6. The zero-order valence-electron chi connectivity index (χ0n) is 15.2. The highest BCUT2D eigenvalue weighted by molar-refractivity contribution is 5.80. The Hall–Kier alpha value is -2.37. The number of benzene rings is 1. The van der Waals surface area contributed by atoms with E-state index in [-0.39, 0.29) is 25.9 Å². The Morgan fingerprint density at radius 1 is 1.04 bits per heavy atom. The maximum absolute atomic E-state index is 11.9. The normalized spacial score (nSPS) is 12.2. The predicted molar refractivity (Wildman–Crippen MR) is 91.4 cm³/mol. The zero-order valence-corrected chi connectivity index (χ0v) is 15.2. The zero-order chi connectivity index (χ0) is 18.9. The summed E-state index contributed by atoms with van der Waals surface area (Å²) in [5.41, 5.74) is 0.251. The highest BCUT2D eigenvalue weighted by atomic mass is 16.6. The number of hydrogen-bond donors (Lipinski definition) is 0. The summed E-state index contributed by atoms with van der Waals surface area (Å²) in [6.07, 6.45) is 0.0604. The van der Waals surface area contributed by atoms with Crippen LogP contribution >= 0.6 is 0 Å². The van der Waals surface area contributed by atoms with Crippen LogP contribution in [0, 0.1) is 5.92 Å². The molecule has 0 aliphatic rings. The highest BCUT2D eigenvalue weighted by Crippen LogP contribution is 2.18. The Morgan fingerprint density at radius 2 is 1.68 bits per heavy atom. The molecule has 0 saturated carbocycles. The Labute approximate surface area is 148 Å². The van der Waals surface area contributed by atoms with Crippen LogP contribution in [-0.2, 0) is 35.2 Å². The molecule has 1 atom stereocenters. The first-order valence-electron chi connectivity index (χ1n) is 8.20. The molecular formula is C19H26O6. The van der Waals surface area contributed by atoms with Crippen molar-refractivity contribution in [3.05, 3.63) is 35.9 Å². The molecule has 6 heteroatoms. The van der Waals surface area contributed by atoms with Crippen LogP contribution < -0.4 is 0 Å². The molecule has 1 aromatic carbocycles. The minimum absolute atomic E-state index is 0.0232. The van der Waals surface area contributed by atoms with E-state index in [2.05, 4.69) is 0 Å². The minimum Gasteiger partial charge on any atom is -0.469 e. The lowest BCUT2D eigenvalue weighted by molar-refractivity contribution is -0.161. The molecule has 0 fully saturated rings. The molecule has 0 bridgehead atoms. The van der Waals surface area contributed by atoms with Gasteiger partial charge in [-0.1, -0.05) is 30.3 Å². The van der Waals surface area contributed by atoms with Crippen molar-refractivity contribution in [1.82, 2.24) is 0 Å². The lowest BCUT2D eigenvalue weighted by Crippen LogP contribution is -2.28. The van der Waals surface area contributed by atoms with E-state index in [1.165, 1.54) is 7.11 Å². The van der Waals surface area contributed by atoms with Gasteiger partial charge in [0.05, 0.1) is 19.4 Å². The first kappa shape index (κ1) is 20.7. The second-order valence-electron chi connectivity index (χ2n) is 6.70. The van der Waals surface area contributed by atoms with Crippen molar-refractivity contribution in [1.29, 1.82) is 0 Å². The fourth-order valence-electron chi connectivity index (χ4n) is 2.16. The first-order valence-corrected chi connectivity index (χ1v) is 8.20. The molecule has 6 nitrogen and oxygen atoms in total. The van der Waals surface area contributed by atoms with Crippen molar-refractivity contribution in [3.8, 4) is 0 Å². The molecule has 0 saturated heterocycles. The summed E-state index contributed by atoms with van der Waals surface area (Å²) >= 11 is 0. The van der Waals surface area contributed by atoms with Gasteiger partial charge in [-0.25, -0.2) is 0 Å². The van der Waals surface area contributed by atoms with Crippen molar-refractivity contribution in [2.24, 2.45) is 5.92 Å². The molecule has 138 valence electrons. The summed E-state index contributed by atoms with van der Waals surface area (Å²) in [5, 5.41) is 0. The van der Waals surface area contributed by atoms with E-state index in [1.54, 1.807) is 20.8 Å². The van der Waals surface area contributed by atoms with Crippen LogP contribution in [-0.4, -0.2) is 30.6 Å². The quantitative estimate of drug-likeness (QED) is 0.530. The number of methoxy groups -OCH3 is 1. The molecule has 0 radical (unpaired) electrons. The van der Waals surface area contributed by atoms with Crippen LogP contribution in [0.15, 0.2) is 30.3 Å². The Morgan fingerprint density at radius 3 is 2.24 bits per heavy atom. The fraction of sp³-hybridized carbons (Fsp3) is 0.526. The summed E-state index contributed by atoms with van der Waals surface area (Å²) < 4.78 is 15.1. The van der Waals surface area contributed by atoms with Gasteiger partial charge in [-0.05, 0) is 32.8 Å². The Balaban J connectivity index is 2.48. The number of rotatable bonds is 8. The van der Waals surface area contributed by atoms with Crippen LogP contribution in [0.1, 0.15) is 45.6 Å². The molecule has 1 rings (SSSR count). The van der Waals surface area contributed by atoms with Gasteiger partial charge in [0.2, 0.25) is 0 Å².